The second-order valence-corrected chi connectivity index (χ2v) is 5.20. The molecule has 2 rings (SSSR count). The van der Waals surface area contributed by atoms with E-state index in [-0.39, 0.29) is 17.9 Å². The van der Waals surface area contributed by atoms with E-state index in [1.54, 1.807) is 0 Å². The Morgan fingerprint density at radius 2 is 2.29 bits per heavy atom. The molecule has 5 nitrogen and oxygen atoms in total. The van der Waals surface area contributed by atoms with E-state index in [1.807, 2.05) is 7.05 Å². The minimum Gasteiger partial charge on any atom is -0.379 e. The van der Waals surface area contributed by atoms with E-state index >= 15 is 0 Å². The minimum atomic E-state index is -0.0286. The molecule has 0 aromatic heterocycles. The molecule has 1 amide bonds. The van der Waals surface area contributed by atoms with Gasteiger partial charge in [0.15, 0.2) is 0 Å². The Kier molecular flexibility index (Phi) is 4.36. The first kappa shape index (κ1) is 12.8. The molecule has 98 valence electrons. The lowest BCUT2D eigenvalue weighted by Gasteiger charge is -2.18. The van der Waals surface area contributed by atoms with Gasteiger partial charge >= 0.3 is 0 Å². The third-order valence-electron chi connectivity index (χ3n) is 3.84. The van der Waals surface area contributed by atoms with Crippen molar-refractivity contribution in [3.63, 3.8) is 0 Å². The van der Waals surface area contributed by atoms with Crippen LogP contribution >= 0.6 is 0 Å². The van der Waals surface area contributed by atoms with Crippen LogP contribution in [-0.4, -0.2) is 63.8 Å². The lowest BCUT2D eigenvalue weighted by molar-refractivity contribution is -0.125. The number of carbonyl (C=O) groups is 1. The average Bonchev–Trinajstić information content (AvgIpc) is 2.94. The van der Waals surface area contributed by atoms with Gasteiger partial charge in [-0.1, -0.05) is 0 Å². The zero-order chi connectivity index (χ0) is 12.3. The van der Waals surface area contributed by atoms with Crippen molar-refractivity contribution in [3.8, 4) is 0 Å². The van der Waals surface area contributed by atoms with Gasteiger partial charge in [0.2, 0.25) is 5.91 Å². The Bertz CT molecular complexity index is 272. The van der Waals surface area contributed by atoms with Gasteiger partial charge in [-0.25, -0.2) is 0 Å². The van der Waals surface area contributed by atoms with Gasteiger partial charge in [0.05, 0.1) is 19.1 Å². The van der Waals surface area contributed by atoms with Crippen LogP contribution < -0.4 is 10.6 Å². The van der Waals surface area contributed by atoms with E-state index in [0.717, 1.165) is 19.6 Å². The van der Waals surface area contributed by atoms with Crippen LogP contribution in [0.3, 0.4) is 0 Å². The molecular weight excluding hydrogens is 218 g/mol. The highest BCUT2D eigenvalue weighted by atomic mass is 16.5. The predicted octanol–water partition coefficient (Wildman–Crippen LogP) is -0.711. The Morgan fingerprint density at radius 3 is 2.94 bits per heavy atom. The lowest BCUT2D eigenvalue weighted by Crippen LogP contribution is -2.44. The van der Waals surface area contributed by atoms with Crippen LogP contribution in [0.4, 0.5) is 0 Å². The molecule has 2 heterocycles. The number of hydrogen-bond donors (Lipinski definition) is 2. The fraction of sp³-hybridized carbons (Fsp3) is 0.917. The third kappa shape index (κ3) is 3.18. The number of nitrogens with zero attached hydrogens (tertiary/aromatic N) is 1. The summed E-state index contributed by atoms with van der Waals surface area (Å²) in [6.07, 6.45) is 1.19. The highest BCUT2D eigenvalue weighted by molar-refractivity contribution is 5.79. The first-order chi connectivity index (χ1) is 8.20. The quantitative estimate of drug-likeness (QED) is 0.683. The number of likely N-dealkylation sites (tertiary alicyclic amines) is 1. The standard InChI is InChI=1S/C12H23N3O2/c1-13-11-8-17-7-10(11)12(16)14-5-9-3-4-15(2)6-9/h9-11,13H,3-8H2,1-2H3,(H,14,16). The van der Waals surface area contributed by atoms with Crippen molar-refractivity contribution in [1.29, 1.82) is 0 Å². The molecule has 0 bridgehead atoms. The van der Waals surface area contributed by atoms with Crippen LogP contribution in [0.2, 0.25) is 0 Å². The van der Waals surface area contributed by atoms with Gasteiger partial charge in [-0.3, -0.25) is 4.79 Å². The van der Waals surface area contributed by atoms with Crippen molar-refractivity contribution >= 4 is 5.91 Å². The fourth-order valence-electron chi connectivity index (χ4n) is 2.67. The van der Waals surface area contributed by atoms with Crippen molar-refractivity contribution in [3.05, 3.63) is 0 Å². The summed E-state index contributed by atoms with van der Waals surface area (Å²) in [6, 6.07) is 0.168. The molecule has 17 heavy (non-hydrogen) atoms. The van der Waals surface area contributed by atoms with Gasteiger partial charge in [-0.2, -0.15) is 0 Å². The number of ether oxygens (including phenoxy) is 1. The average molecular weight is 241 g/mol. The smallest absolute Gasteiger partial charge is 0.227 e. The van der Waals surface area contributed by atoms with Crippen molar-refractivity contribution in [2.24, 2.45) is 11.8 Å². The van der Waals surface area contributed by atoms with Crippen molar-refractivity contribution in [1.82, 2.24) is 15.5 Å². The van der Waals surface area contributed by atoms with E-state index in [2.05, 4.69) is 22.6 Å². The van der Waals surface area contributed by atoms with E-state index in [0.29, 0.717) is 19.1 Å². The lowest BCUT2D eigenvalue weighted by atomic mass is 10.0. The van der Waals surface area contributed by atoms with Crippen molar-refractivity contribution in [2.45, 2.75) is 12.5 Å². The Morgan fingerprint density at radius 1 is 1.47 bits per heavy atom. The predicted molar refractivity (Wildman–Crippen MR) is 65.8 cm³/mol. The largest absolute Gasteiger partial charge is 0.379 e. The normalized spacial score (nSPS) is 34.1. The summed E-state index contributed by atoms with van der Waals surface area (Å²) in [5.74, 6) is 0.717. The van der Waals surface area contributed by atoms with E-state index in [9.17, 15) is 4.79 Å². The first-order valence-corrected chi connectivity index (χ1v) is 6.42. The van der Waals surface area contributed by atoms with Gasteiger partial charge in [0.25, 0.3) is 0 Å². The highest BCUT2D eigenvalue weighted by Gasteiger charge is 2.33. The minimum absolute atomic E-state index is 0.0286. The summed E-state index contributed by atoms with van der Waals surface area (Å²) in [5.41, 5.74) is 0. The van der Waals surface area contributed by atoms with E-state index in [4.69, 9.17) is 4.74 Å². The van der Waals surface area contributed by atoms with Crippen molar-refractivity contribution in [2.75, 3.05) is 46.9 Å². The number of nitrogens with one attached hydrogen (secondary N) is 2. The molecule has 0 aliphatic carbocycles. The van der Waals surface area contributed by atoms with E-state index in [1.165, 1.54) is 6.42 Å². The van der Waals surface area contributed by atoms with Gasteiger partial charge < -0.3 is 20.3 Å². The monoisotopic (exact) mass is 241 g/mol. The third-order valence-corrected chi connectivity index (χ3v) is 3.84. The molecule has 0 aromatic rings. The second kappa shape index (κ2) is 5.80. The molecule has 2 aliphatic heterocycles. The van der Waals surface area contributed by atoms with Gasteiger partial charge in [0, 0.05) is 19.1 Å². The number of hydrogen-bond acceptors (Lipinski definition) is 4. The molecule has 5 heteroatoms. The summed E-state index contributed by atoms with van der Waals surface area (Å²) in [7, 11) is 4.01. The van der Waals surface area contributed by atoms with E-state index < -0.39 is 0 Å². The van der Waals surface area contributed by atoms with Crippen LogP contribution in [0.5, 0.6) is 0 Å². The molecule has 2 aliphatic rings. The van der Waals surface area contributed by atoms with Crippen LogP contribution in [0.15, 0.2) is 0 Å². The van der Waals surface area contributed by atoms with Crippen LogP contribution in [0.1, 0.15) is 6.42 Å². The molecule has 3 atom stereocenters. The second-order valence-electron chi connectivity index (χ2n) is 5.20. The summed E-state index contributed by atoms with van der Waals surface area (Å²) < 4.78 is 5.34. The number of carbonyl (C=O) groups excluding carboxylic acids is 1. The van der Waals surface area contributed by atoms with Gasteiger partial charge in [-0.05, 0) is 33.0 Å². The molecule has 3 unspecified atom stereocenters. The topological polar surface area (TPSA) is 53.6 Å². The number of rotatable bonds is 4. The molecule has 0 spiro atoms. The first-order valence-electron chi connectivity index (χ1n) is 6.42. The Balaban J connectivity index is 1.73. The Hall–Kier alpha value is -0.650. The molecule has 0 saturated carbocycles. The summed E-state index contributed by atoms with van der Waals surface area (Å²) in [6.45, 7) is 4.22. The molecule has 2 fully saturated rings. The van der Waals surface area contributed by atoms with Crippen molar-refractivity contribution < 1.29 is 9.53 Å². The number of amides is 1. The maximum Gasteiger partial charge on any atom is 0.227 e. The molecule has 0 aromatic carbocycles. The maximum atomic E-state index is 12.0. The highest BCUT2D eigenvalue weighted by Crippen LogP contribution is 2.15. The SMILES string of the molecule is CNC1COCC1C(=O)NCC1CCN(C)C1. The summed E-state index contributed by atoms with van der Waals surface area (Å²) in [4.78, 5) is 14.3. The zero-order valence-corrected chi connectivity index (χ0v) is 10.7. The molecule has 2 saturated heterocycles. The fourth-order valence-corrected chi connectivity index (χ4v) is 2.67. The Labute approximate surface area is 103 Å². The summed E-state index contributed by atoms with van der Waals surface area (Å²) >= 11 is 0. The molecule has 2 N–H and O–H groups in total. The van der Waals surface area contributed by atoms with Gasteiger partial charge in [0.1, 0.15) is 0 Å². The van der Waals surface area contributed by atoms with Gasteiger partial charge in [-0.15, -0.1) is 0 Å². The molecule has 0 radical (unpaired) electrons. The maximum absolute atomic E-state index is 12.0. The van der Waals surface area contributed by atoms with Crippen LogP contribution in [-0.2, 0) is 9.53 Å². The van der Waals surface area contributed by atoms with Crippen LogP contribution in [0, 0.1) is 11.8 Å². The molecular formula is C12H23N3O2. The van der Waals surface area contributed by atoms with Crippen LogP contribution in [0.25, 0.3) is 0 Å². The zero-order valence-electron chi connectivity index (χ0n) is 10.7. The number of likely N-dealkylation sites (N-methyl/N-ethyl adjacent to an activating group) is 1. The summed E-state index contributed by atoms with van der Waals surface area (Å²) in [5, 5.41) is 6.20.